The van der Waals surface area contributed by atoms with Gasteiger partial charge in [0, 0.05) is 23.5 Å². The van der Waals surface area contributed by atoms with E-state index >= 15 is 0 Å². The third kappa shape index (κ3) is 4.03. The van der Waals surface area contributed by atoms with Gasteiger partial charge in [0.2, 0.25) is 0 Å². The number of nitrogens with zero attached hydrogens (tertiary/aromatic N) is 1. The predicted molar refractivity (Wildman–Crippen MR) is 81.2 cm³/mol. The van der Waals surface area contributed by atoms with E-state index in [1.54, 1.807) is 13.0 Å². The maximum Gasteiger partial charge on any atom is 0.323 e. The van der Waals surface area contributed by atoms with Gasteiger partial charge in [0.05, 0.1) is 10.9 Å². The van der Waals surface area contributed by atoms with Crippen molar-refractivity contribution in [3.8, 4) is 0 Å². The lowest BCUT2D eigenvalue weighted by Gasteiger charge is -2.12. The van der Waals surface area contributed by atoms with E-state index in [0.717, 1.165) is 0 Å². The minimum Gasteiger partial charge on any atom is -0.545 e. The van der Waals surface area contributed by atoms with Crippen LogP contribution in [0.25, 0.3) is 0 Å². The van der Waals surface area contributed by atoms with Crippen molar-refractivity contribution >= 4 is 29.1 Å². The molecule has 2 amide bonds. The third-order valence-electron chi connectivity index (χ3n) is 3.06. The van der Waals surface area contributed by atoms with E-state index in [9.17, 15) is 24.8 Å². The lowest BCUT2D eigenvalue weighted by Crippen LogP contribution is -2.23. The summed E-state index contributed by atoms with van der Waals surface area (Å²) in [5.41, 5.74) is 1.22. The highest BCUT2D eigenvalue weighted by atomic mass is 16.6. The molecule has 118 valence electrons. The van der Waals surface area contributed by atoms with Crippen LogP contribution in [0.1, 0.15) is 15.9 Å². The van der Waals surface area contributed by atoms with E-state index in [4.69, 9.17) is 0 Å². The standard InChI is InChI=1S/C15H13N3O5/c1-9-2-3-10(14(19)20)8-13(9)17-15(21)16-11-4-6-12(7-5-11)18(22)23/h2-8H,1H3,(H,19,20)(H2,16,17,21)/p-1. The SMILES string of the molecule is Cc1ccc(C(=O)[O-])cc1NC(=O)Nc1ccc([N+](=O)[O-])cc1. The summed E-state index contributed by atoms with van der Waals surface area (Å²) in [5.74, 6) is -1.34. The molecule has 8 nitrogen and oxygen atoms in total. The van der Waals surface area contributed by atoms with E-state index in [0.29, 0.717) is 16.9 Å². The Balaban J connectivity index is 2.09. The number of urea groups is 1. The number of anilines is 2. The second-order valence-electron chi connectivity index (χ2n) is 4.70. The third-order valence-corrected chi connectivity index (χ3v) is 3.06. The van der Waals surface area contributed by atoms with E-state index in [1.165, 1.54) is 36.4 Å². The number of benzene rings is 2. The van der Waals surface area contributed by atoms with Crippen molar-refractivity contribution in [2.24, 2.45) is 0 Å². The highest BCUT2D eigenvalue weighted by molar-refractivity contribution is 6.01. The molecule has 0 aliphatic heterocycles. The lowest BCUT2D eigenvalue weighted by atomic mass is 10.1. The number of aromatic carboxylic acids is 1. The molecule has 2 rings (SSSR count). The Bertz CT molecular complexity index is 771. The first kappa shape index (κ1) is 16.0. The molecule has 0 aromatic heterocycles. The zero-order valence-electron chi connectivity index (χ0n) is 12.0. The van der Waals surface area contributed by atoms with E-state index in [-0.39, 0.29) is 11.3 Å². The topological polar surface area (TPSA) is 124 Å². The average molecular weight is 314 g/mol. The van der Waals surface area contributed by atoms with Gasteiger partial charge in [-0.15, -0.1) is 0 Å². The van der Waals surface area contributed by atoms with Crippen molar-refractivity contribution in [3.63, 3.8) is 0 Å². The molecule has 0 bridgehead atoms. The molecule has 0 heterocycles. The first-order valence-corrected chi connectivity index (χ1v) is 6.51. The van der Waals surface area contributed by atoms with Crippen LogP contribution in [-0.4, -0.2) is 16.9 Å². The molecule has 0 unspecified atom stereocenters. The first-order valence-electron chi connectivity index (χ1n) is 6.51. The minimum atomic E-state index is -1.34. The molecule has 2 N–H and O–H groups in total. The van der Waals surface area contributed by atoms with Gasteiger partial charge in [0.25, 0.3) is 5.69 Å². The molecule has 2 aromatic carbocycles. The van der Waals surface area contributed by atoms with Gasteiger partial charge in [-0.2, -0.15) is 0 Å². The summed E-state index contributed by atoms with van der Waals surface area (Å²) in [6, 6.07) is 8.92. The summed E-state index contributed by atoms with van der Waals surface area (Å²) in [4.78, 5) is 32.8. The van der Waals surface area contributed by atoms with Crippen LogP contribution in [0.5, 0.6) is 0 Å². The van der Waals surface area contributed by atoms with Crippen LogP contribution in [0.3, 0.4) is 0 Å². The smallest absolute Gasteiger partial charge is 0.323 e. The Morgan fingerprint density at radius 1 is 1.04 bits per heavy atom. The summed E-state index contributed by atoms with van der Waals surface area (Å²) in [6.07, 6.45) is 0. The Morgan fingerprint density at radius 2 is 1.70 bits per heavy atom. The van der Waals surface area contributed by atoms with E-state index in [2.05, 4.69) is 10.6 Å². The van der Waals surface area contributed by atoms with Gasteiger partial charge in [-0.05, 0) is 36.2 Å². The second kappa shape index (κ2) is 6.56. The number of amides is 2. The summed E-state index contributed by atoms with van der Waals surface area (Å²) in [6.45, 7) is 1.71. The van der Waals surface area contributed by atoms with Crippen LogP contribution in [0.2, 0.25) is 0 Å². The highest BCUT2D eigenvalue weighted by Gasteiger charge is 2.08. The van der Waals surface area contributed by atoms with Crippen molar-refractivity contribution in [1.82, 2.24) is 0 Å². The van der Waals surface area contributed by atoms with E-state index in [1.807, 2.05) is 0 Å². The molecule has 0 aliphatic rings. The number of carboxylic acid groups (broad SMARTS) is 1. The van der Waals surface area contributed by atoms with Crippen molar-refractivity contribution in [1.29, 1.82) is 0 Å². The molecule has 0 radical (unpaired) electrons. The monoisotopic (exact) mass is 314 g/mol. The van der Waals surface area contributed by atoms with Crippen LogP contribution in [-0.2, 0) is 0 Å². The van der Waals surface area contributed by atoms with Crippen molar-refractivity contribution < 1.29 is 19.6 Å². The van der Waals surface area contributed by atoms with Crippen LogP contribution >= 0.6 is 0 Å². The molecule has 0 saturated carbocycles. The molecular weight excluding hydrogens is 302 g/mol. The van der Waals surface area contributed by atoms with Crippen LogP contribution in [0.4, 0.5) is 21.9 Å². The molecule has 0 fully saturated rings. The Kier molecular flexibility index (Phi) is 4.55. The zero-order valence-corrected chi connectivity index (χ0v) is 12.0. The molecule has 23 heavy (non-hydrogen) atoms. The number of rotatable bonds is 4. The zero-order chi connectivity index (χ0) is 17.0. The largest absolute Gasteiger partial charge is 0.545 e. The van der Waals surface area contributed by atoms with Crippen molar-refractivity contribution in [2.45, 2.75) is 6.92 Å². The number of nitrogens with one attached hydrogen (secondary N) is 2. The normalized spacial score (nSPS) is 9.96. The number of hydrogen-bond acceptors (Lipinski definition) is 5. The summed E-state index contributed by atoms with van der Waals surface area (Å²) in [5, 5.41) is 26.4. The lowest BCUT2D eigenvalue weighted by molar-refractivity contribution is -0.384. The van der Waals surface area contributed by atoms with E-state index < -0.39 is 16.9 Å². The molecule has 0 aliphatic carbocycles. The van der Waals surface area contributed by atoms with Gasteiger partial charge >= 0.3 is 6.03 Å². The van der Waals surface area contributed by atoms with Crippen LogP contribution in [0.15, 0.2) is 42.5 Å². The first-order chi connectivity index (χ1) is 10.9. The fourth-order valence-corrected chi connectivity index (χ4v) is 1.83. The molecule has 0 saturated heterocycles. The Morgan fingerprint density at radius 3 is 2.26 bits per heavy atom. The van der Waals surface area contributed by atoms with Crippen LogP contribution in [0, 0.1) is 17.0 Å². The molecule has 0 spiro atoms. The highest BCUT2D eigenvalue weighted by Crippen LogP contribution is 2.18. The molecule has 8 heteroatoms. The van der Waals surface area contributed by atoms with Gasteiger partial charge in [0.1, 0.15) is 0 Å². The number of carbonyl (C=O) groups is 2. The Hall–Kier alpha value is -3.42. The van der Waals surface area contributed by atoms with Gasteiger partial charge in [-0.1, -0.05) is 12.1 Å². The predicted octanol–water partition coefficient (Wildman–Crippen LogP) is 1.91. The van der Waals surface area contributed by atoms with Gasteiger partial charge in [0.15, 0.2) is 0 Å². The molecule has 2 aromatic rings. The summed E-state index contributed by atoms with van der Waals surface area (Å²) < 4.78 is 0. The molecular formula is C15H12N3O5-. The van der Waals surface area contributed by atoms with Gasteiger partial charge in [-0.3, -0.25) is 10.1 Å². The van der Waals surface area contributed by atoms with Crippen molar-refractivity contribution in [2.75, 3.05) is 10.6 Å². The second-order valence-corrected chi connectivity index (χ2v) is 4.70. The number of hydrogen-bond donors (Lipinski definition) is 2. The summed E-state index contributed by atoms with van der Waals surface area (Å²) >= 11 is 0. The quantitative estimate of drug-likeness (QED) is 0.658. The maximum atomic E-state index is 11.9. The average Bonchev–Trinajstić information content (AvgIpc) is 2.49. The van der Waals surface area contributed by atoms with Crippen LogP contribution < -0.4 is 15.7 Å². The number of nitro benzene ring substituents is 1. The number of non-ortho nitro benzene ring substituents is 1. The minimum absolute atomic E-state index is 0.0544. The fraction of sp³-hybridized carbons (Fsp3) is 0.0667. The van der Waals surface area contributed by atoms with Crippen molar-refractivity contribution in [3.05, 3.63) is 63.7 Å². The fourth-order valence-electron chi connectivity index (χ4n) is 1.83. The number of carbonyl (C=O) groups excluding carboxylic acids is 2. The number of aryl methyl sites for hydroxylation is 1. The number of nitro groups is 1. The number of carboxylic acids is 1. The van der Waals surface area contributed by atoms with Gasteiger partial charge < -0.3 is 20.5 Å². The summed E-state index contributed by atoms with van der Waals surface area (Å²) in [7, 11) is 0. The maximum absolute atomic E-state index is 11.9. The molecule has 0 atom stereocenters. The van der Waals surface area contributed by atoms with Gasteiger partial charge in [-0.25, -0.2) is 4.79 Å². The Labute approximate surface area is 130 Å².